The SMILES string of the molecule is Cc1cccc(C2CC(=O)N(c3ccc(Cl)c([N+](=O)[O-])c3)C3=C2C(=O)CCC3)c1. The van der Waals surface area contributed by atoms with Gasteiger partial charge in [-0.25, -0.2) is 0 Å². The van der Waals surface area contributed by atoms with Gasteiger partial charge in [-0.2, -0.15) is 0 Å². The molecule has 1 unspecified atom stereocenters. The summed E-state index contributed by atoms with van der Waals surface area (Å²) in [6.07, 6.45) is 1.82. The first-order chi connectivity index (χ1) is 13.9. The first-order valence-electron chi connectivity index (χ1n) is 9.46. The number of benzene rings is 2. The second kappa shape index (κ2) is 7.44. The van der Waals surface area contributed by atoms with Gasteiger partial charge in [0.25, 0.3) is 5.69 Å². The van der Waals surface area contributed by atoms with Crippen molar-refractivity contribution in [3.05, 3.63) is 80.0 Å². The Hall–Kier alpha value is -2.99. The van der Waals surface area contributed by atoms with Crippen LogP contribution in [0, 0.1) is 17.0 Å². The Balaban J connectivity index is 1.87. The minimum absolute atomic E-state index is 0.00905. The van der Waals surface area contributed by atoms with Crippen molar-refractivity contribution in [3.8, 4) is 0 Å². The van der Waals surface area contributed by atoms with E-state index in [1.807, 2.05) is 31.2 Å². The average Bonchev–Trinajstić information content (AvgIpc) is 2.68. The average molecular weight is 411 g/mol. The fourth-order valence-corrected chi connectivity index (χ4v) is 4.43. The van der Waals surface area contributed by atoms with E-state index in [1.54, 1.807) is 6.07 Å². The van der Waals surface area contributed by atoms with Gasteiger partial charge in [-0.15, -0.1) is 0 Å². The van der Waals surface area contributed by atoms with E-state index in [4.69, 9.17) is 11.6 Å². The number of Topliss-reactive ketones (excluding diaryl/α,β-unsaturated/α-hetero) is 1. The second-order valence-electron chi connectivity index (χ2n) is 7.43. The minimum atomic E-state index is -0.572. The van der Waals surface area contributed by atoms with Crippen molar-refractivity contribution in [3.63, 3.8) is 0 Å². The molecule has 0 aromatic heterocycles. The van der Waals surface area contributed by atoms with Gasteiger partial charge in [0, 0.05) is 36.1 Å². The Labute approximate surface area is 172 Å². The van der Waals surface area contributed by atoms with Crippen LogP contribution in [0.2, 0.25) is 5.02 Å². The van der Waals surface area contributed by atoms with E-state index < -0.39 is 4.92 Å². The van der Waals surface area contributed by atoms with Crippen LogP contribution in [0.1, 0.15) is 42.7 Å². The molecule has 0 fully saturated rings. The lowest BCUT2D eigenvalue weighted by molar-refractivity contribution is -0.384. The van der Waals surface area contributed by atoms with Gasteiger partial charge >= 0.3 is 0 Å². The van der Waals surface area contributed by atoms with Crippen molar-refractivity contribution in [1.29, 1.82) is 0 Å². The molecule has 29 heavy (non-hydrogen) atoms. The molecule has 0 spiro atoms. The van der Waals surface area contributed by atoms with E-state index in [1.165, 1.54) is 17.0 Å². The standard InChI is InChI=1S/C22H19ClN2O4/c1-13-4-2-5-14(10-13)16-12-21(27)24(18-6-3-7-20(26)22(16)18)15-8-9-17(23)19(11-15)25(28)29/h2,4-5,8-11,16H,3,6-7,12H2,1H3. The maximum Gasteiger partial charge on any atom is 0.289 e. The summed E-state index contributed by atoms with van der Waals surface area (Å²) in [4.78, 5) is 38.2. The summed E-state index contributed by atoms with van der Waals surface area (Å²) in [6, 6.07) is 12.2. The van der Waals surface area contributed by atoms with Crippen LogP contribution in [0.15, 0.2) is 53.7 Å². The third-order valence-electron chi connectivity index (χ3n) is 5.50. The molecule has 4 rings (SSSR count). The third-order valence-corrected chi connectivity index (χ3v) is 5.82. The summed E-state index contributed by atoms with van der Waals surface area (Å²) in [5.41, 5.74) is 3.43. The fourth-order valence-electron chi connectivity index (χ4n) is 4.24. The lowest BCUT2D eigenvalue weighted by Gasteiger charge is -2.38. The molecule has 1 aliphatic carbocycles. The van der Waals surface area contributed by atoms with Gasteiger partial charge in [0.15, 0.2) is 5.78 Å². The number of nitrogens with zero attached hydrogens (tertiary/aromatic N) is 2. The van der Waals surface area contributed by atoms with E-state index in [0.29, 0.717) is 36.2 Å². The Morgan fingerprint density at radius 1 is 1.14 bits per heavy atom. The molecular weight excluding hydrogens is 392 g/mol. The molecular formula is C22H19ClN2O4. The van der Waals surface area contributed by atoms with Crippen LogP contribution < -0.4 is 4.90 Å². The lowest BCUT2D eigenvalue weighted by Crippen LogP contribution is -2.40. The zero-order valence-corrected chi connectivity index (χ0v) is 16.6. The van der Waals surface area contributed by atoms with Gasteiger partial charge in [0.2, 0.25) is 5.91 Å². The van der Waals surface area contributed by atoms with Crippen molar-refractivity contribution in [2.24, 2.45) is 0 Å². The van der Waals surface area contributed by atoms with Gasteiger partial charge in [-0.3, -0.25) is 24.6 Å². The van der Waals surface area contributed by atoms with Crippen LogP contribution in [-0.2, 0) is 9.59 Å². The van der Waals surface area contributed by atoms with E-state index in [9.17, 15) is 19.7 Å². The summed E-state index contributed by atoms with van der Waals surface area (Å²) < 4.78 is 0. The van der Waals surface area contributed by atoms with Crippen molar-refractivity contribution >= 4 is 34.7 Å². The first kappa shape index (κ1) is 19.3. The fraction of sp³-hybridized carbons (Fsp3) is 0.273. The quantitative estimate of drug-likeness (QED) is 0.521. The van der Waals surface area contributed by atoms with E-state index in [2.05, 4.69) is 0 Å². The normalized spacial score (nSPS) is 19.4. The number of rotatable bonds is 3. The minimum Gasteiger partial charge on any atom is -0.294 e. The Bertz CT molecular complexity index is 1080. The van der Waals surface area contributed by atoms with Gasteiger partial charge in [-0.05, 0) is 37.5 Å². The molecule has 7 heteroatoms. The maximum atomic E-state index is 13.2. The molecule has 2 aliphatic rings. The van der Waals surface area contributed by atoms with Gasteiger partial charge in [-0.1, -0.05) is 41.4 Å². The largest absolute Gasteiger partial charge is 0.294 e. The molecule has 0 saturated heterocycles. The maximum absolute atomic E-state index is 13.2. The topological polar surface area (TPSA) is 80.5 Å². The molecule has 148 valence electrons. The van der Waals surface area contributed by atoms with E-state index >= 15 is 0 Å². The van der Waals surface area contributed by atoms with Gasteiger partial charge < -0.3 is 0 Å². The number of anilines is 1. The molecule has 0 saturated carbocycles. The number of hydrogen-bond donors (Lipinski definition) is 0. The molecule has 0 N–H and O–H groups in total. The number of nitro groups is 1. The van der Waals surface area contributed by atoms with E-state index in [0.717, 1.165) is 11.1 Å². The molecule has 2 aromatic rings. The zero-order valence-electron chi connectivity index (χ0n) is 15.9. The molecule has 2 aromatic carbocycles. The highest BCUT2D eigenvalue weighted by Crippen LogP contribution is 2.44. The number of halogens is 1. The number of hydrogen-bond acceptors (Lipinski definition) is 4. The second-order valence-corrected chi connectivity index (χ2v) is 7.84. The van der Waals surface area contributed by atoms with E-state index in [-0.39, 0.29) is 34.7 Å². The van der Waals surface area contributed by atoms with Crippen molar-refractivity contribution in [2.75, 3.05) is 4.90 Å². The molecule has 6 nitrogen and oxygen atoms in total. The number of amides is 1. The number of carbonyl (C=O) groups is 2. The Morgan fingerprint density at radius 3 is 2.66 bits per heavy atom. The molecule has 1 aliphatic heterocycles. The monoisotopic (exact) mass is 410 g/mol. The van der Waals surface area contributed by atoms with Gasteiger partial charge in [0.1, 0.15) is 5.02 Å². The summed E-state index contributed by atoms with van der Waals surface area (Å²) in [6.45, 7) is 1.98. The smallest absolute Gasteiger partial charge is 0.289 e. The highest BCUT2D eigenvalue weighted by molar-refractivity contribution is 6.32. The highest BCUT2D eigenvalue weighted by atomic mass is 35.5. The van der Waals surface area contributed by atoms with Crippen molar-refractivity contribution in [2.45, 2.75) is 38.5 Å². The Kier molecular flexibility index (Phi) is 4.96. The third kappa shape index (κ3) is 3.44. The molecule has 1 atom stereocenters. The predicted molar refractivity (Wildman–Crippen MR) is 110 cm³/mol. The Morgan fingerprint density at radius 2 is 1.93 bits per heavy atom. The number of aryl methyl sites for hydroxylation is 1. The van der Waals surface area contributed by atoms with Gasteiger partial charge in [0.05, 0.1) is 10.6 Å². The predicted octanol–water partition coefficient (Wildman–Crippen LogP) is 5.08. The summed E-state index contributed by atoms with van der Waals surface area (Å²) in [5.74, 6) is -0.427. The number of nitro benzene ring substituents is 1. The summed E-state index contributed by atoms with van der Waals surface area (Å²) in [5, 5.41) is 11.3. The highest BCUT2D eigenvalue weighted by Gasteiger charge is 2.40. The van der Waals surface area contributed by atoms with Crippen LogP contribution in [-0.4, -0.2) is 16.6 Å². The lowest BCUT2D eigenvalue weighted by atomic mass is 9.77. The molecule has 1 heterocycles. The molecule has 0 radical (unpaired) electrons. The van der Waals surface area contributed by atoms with Crippen LogP contribution in [0.25, 0.3) is 0 Å². The summed E-state index contributed by atoms with van der Waals surface area (Å²) in [7, 11) is 0. The van der Waals surface area contributed by atoms with Crippen LogP contribution in [0.3, 0.4) is 0 Å². The van der Waals surface area contributed by atoms with Crippen LogP contribution in [0.5, 0.6) is 0 Å². The number of carbonyl (C=O) groups excluding carboxylic acids is 2. The molecule has 1 amide bonds. The number of allylic oxidation sites excluding steroid dienone is 2. The molecule has 0 bridgehead atoms. The summed E-state index contributed by atoms with van der Waals surface area (Å²) >= 11 is 5.93. The van der Waals surface area contributed by atoms with Crippen molar-refractivity contribution in [1.82, 2.24) is 0 Å². The van der Waals surface area contributed by atoms with Crippen LogP contribution >= 0.6 is 11.6 Å². The van der Waals surface area contributed by atoms with Crippen LogP contribution in [0.4, 0.5) is 11.4 Å². The number of ketones is 1. The first-order valence-corrected chi connectivity index (χ1v) is 9.84. The van der Waals surface area contributed by atoms with Crippen molar-refractivity contribution < 1.29 is 14.5 Å². The zero-order chi connectivity index (χ0) is 20.7.